The zero-order chi connectivity index (χ0) is 30.3. The Morgan fingerprint density at radius 1 is 0.927 bits per heavy atom. The van der Waals surface area contributed by atoms with Crippen molar-refractivity contribution >= 4 is 50.7 Å². The Bertz CT molecular complexity index is 1460. The molecule has 0 saturated carbocycles. The standard InChI is InChI=1S/C31H37Cl2N3O4S/c1-6-23(4)34-31(38)29(18-24-11-8-7-9-12-24)35(19-26-27(32)13-10-14-28(26)33)30(37)20-36(41(5,39)40)25-16-15-21(2)22(3)17-25/h7-17,23,29H,6,18-20H2,1-5H3,(H,34,38)/t23-,29+/m1/s1. The molecule has 41 heavy (non-hydrogen) atoms. The van der Waals surface area contributed by atoms with E-state index in [1.807, 2.05) is 64.1 Å². The second-order valence-corrected chi connectivity index (χ2v) is 13.0. The van der Waals surface area contributed by atoms with Crippen LogP contribution in [0.2, 0.25) is 10.0 Å². The predicted octanol–water partition coefficient (Wildman–Crippen LogP) is 5.93. The Balaban J connectivity index is 2.12. The summed E-state index contributed by atoms with van der Waals surface area (Å²) in [5.41, 5.74) is 3.55. The van der Waals surface area contributed by atoms with Crippen LogP contribution >= 0.6 is 23.2 Å². The van der Waals surface area contributed by atoms with Gasteiger partial charge in [0.25, 0.3) is 0 Å². The predicted molar refractivity (Wildman–Crippen MR) is 167 cm³/mol. The molecule has 0 spiro atoms. The van der Waals surface area contributed by atoms with Crippen LogP contribution in [0.4, 0.5) is 5.69 Å². The molecule has 10 heteroatoms. The first kappa shape index (κ1) is 32.4. The summed E-state index contributed by atoms with van der Waals surface area (Å²) < 4.78 is 27.0. The van der Waals surface area contributed by atoms with Gasteiger partial charge in [0, 0.05) is 34.6 Å². The van der Waals surface area contributed by atoms with Gasteiger partial charge in [-0.15, -0.1) is 0 Å². The first-order valence-corrected chi connectivity index (χ1v) is 16.0. The van der Waals surface area contributed by atoms with E-state index in [9.17, 15) is 18.0 Å². The molecule has 0 radical (unpaired) electrons. The van der Waals surface area contributed by atoms with Gasteiger partial charge in [0.1, 0.15) is 12.6 Å². The molecule has 3 rings (SSSR count). The van der Waals surface area contributed by atoms with Crippen LogP contribution in [0, 0.1) is 13.8 Å². The average Bonchev–Trinajstić information content (AvgIpc) is 2.92. The molecule has 0 heterocycles. The summed E-state index contributed by atoms with van der Waals surface area (Å²) in [4.78, 5) is 29.3. The van der Waals surface area contributed by atoms with Crippen molar-refractivity contribution in [3.8, 4) is 0 Å². The van der Waals surface area contributed by atoms with Crippen LogP contribution in [-0.2, 0) is 32.6 Å². The SMILES string of the molecule is CC[C@@H](C)NC(=O)[C@H](Cc1ccccc1)N(Cc1c(Cl)cccc1Cl)C(=O)CN(c1ccc(C)c(C)c1)S(C)(=O)=O. The molecule has 0 unspecified atom stereocenters. The number of carbonyl (C=O) groups excluding carboxylic acids is 2. The highest BCUT2D eigenvalue weighted by Gasteiger charge is 2.34. The molecule has 7 nitrogen and oxygen atoms in total. The molecule has 3 aromatic rings. The van der Waals surface area contributed by atoms with E-state index >= 15 is 0 Å². The van der Waals surface area contributed by atoms with Gasteiger partial charge in [-0.3, -0.25) is 13.9 Å². The molecule has 2 amide bonds. The highest BCUT2D eigenvalue weighted by atomic mass is 35.5. The van der Waals surface area contributed by atoms with Crippen molar-refractivity contribution in [2.24, 2.45) is 0 Å². The fourth-order valence-corrected chi connectivity index (χ4v) is 5.70. The van der Waals surface area contributed by atoms with Crippen LogP contribution in [0.1, 0.15) is 42.5 Å². The number of halogens is 2. The van der Waals surface area contributed by atoms with Crippen LogP contribution in [0.5, 0.6) is 0 Å². The van der Waals surface area contributed by atoms with E-state index in [1.54, 1.807) is 30.3 Å². The molecule has 0 aliphatic heterocycles. The molecule has 0 bridgehead atoms. The number of benzene rings is 3. The van der Waals surface area contributed by atoms with Crippen molar-refractivity contribution < 1.29 is 18.0 Å². The van der Waals surface area contributed by atoms with Crippen molar-refractivity contribution in [3.63, 3.8) is 0 Å². The molecular formula is C31H37Cl2N3O4S. The molecule has 220 valence electrons. The minimum absolute atomic E-state index is 0.0900. The van der Waals surface area contributed by atoms with Gasteiger partial charge in [-0.2, -0.15) is 0 Å². The van der Waals surface area contributed by atoms with Gasteiger partial charge in [-0.05, 0) is 68.1 Å². The topological polar surface area (TPSA) is 86.8 Å². The average molecular weight is 619 g/mol. The number of amides is 2. The number of carbonyl (C=O) groups is 2. The first-order valence-electron chi connectivity index (χ1n) is 13.4. The molecule has 0 aliphatic carbocycles. The highest BCUT2D eigenvalue weighted by Crippen LogP contribution is 2.28. The molecule has 0 aromatic heterocycles. The monoisotopic (exact) mass is 617 g/mol. The zero-order valence-corrected chi connectivity index (χ0v) is 26.4. The molecule has 2 atom stereocenters. The molecular weight excluding hydrogens is 581 g/mol. The third-order valence-corrected chi connectivity index (χ3v) is 8.97. The van der Waals surface area contributed by atoms with Crippen molar-refractivity contribution in [1.82, 2.24) is 10.2 Å². The first-order chi connectivity index (χ1) is 19.3. The lowest BCUT2D eigenvalue weighted by molar-refractivity contribution is -0.140. The highest BCUT2D eigenvalue weighted by molar-refractivity contribution is 7.92. The maximum absolute atomic E-state index is 14.2. The Labute approximate surface area is 253 Å². The van der Waals surface area contributed by atoms with Gasteiger partial charge >= 0.3 is 0 Å². The number of aryl methyl sites for hydroxylation is 2. The number of nitrogens with zero attached hydrogens (tertiary/aromatic N) is 2. The van der Waals surface area contributed by atoms with Crippen LogP contribution < -0.4 is 9.62 Å². The Morgan fingerprint density at radius 3 is 2.12 bits per heavy atom. The summed E-state index contributed by atoms with van der Waals surface area (Å²) in [7, 11) is -3.86. The summed E-state index contributed by atoms with van der Waals surface area (Å²) in [6, 6.07) is 18.5. The zero-order valence-electron chi connectivity index (χ0n) is 24.0. The van der Waals surface area contributed by atoms with E-state index in [0.717, 1.165) is 27.3 Å². The van der Waals surface area contributed by atoms with E-state index < -0.39 is 28.5 Å². The summed E-state index contributed by atoms with van der Waals surface area (Å²) in [6.45, 7) is 7.05. The fourth-order valence-electron chi connectivity index (χ4n) is 4.34. The van der Waals surface area contributed by atoms with Crippen molar-refractivity contribution in [2.75, 3.05) is 17.1 Å². The number of sulfonamides is 1. The molecule has 0 saturated heterocycles. The van der Waals surface area contributed by atoms with Crippen LogP contribution in [0.25, 0.3) is 0 Å². The van der Waals surface area contributed by atoms with Crippen molar-refractivity contribution in [1.29, 1.82) is 0 Å². The largest absolute Gasteiger partial charge is 0.352 e. The quantitative estimate of drug-likeness (QED) is 0.273. The number of nitrogens with one attached hydrogen (secondary N) is 1. The van der Waals surface area contributed by atoms with E-state index in [1.165, 1.54) is 4.90 Å². The Hall–Kier alpha value is -3.07. The molecule has 3 aromatic carbocycles. The van der Waals surface area contributed by atoms with Gasteiger partial charge in [-0.1, -0.05) is 72.6 Å². The number of hydrogen-bond acceptors (Lipinski definition) is 4. The number of rotatable bonds is 12. The minimum atomic E-state index is -3.86. The summed E-state index contributed by atoms with van der Waals surface area (Å²) >= 11 is 13.0. The van der Waals surface area contributed by atoms with Gasteiger partial charge in [-0.25, -0.2) is 8.42 Å². The fraction of sp³-hybridized carbons (Fsp3) is 0.355. The van der Waals surface area contributed by atoms with Gasteiger partial charge < -0.3 is 10.2 Å². The summed E-state index contributed by atoms with van der Waals surface area (Å²) in [6.07, 6.45) is 1.96. The Morgan fingerprint density at radius 2 is 1.56 bits per heavy atom. The van der Waals surface area contributed by atoms with E-state index in [0.29, 0.717) is 27.7 Å². The van der Waals surface area contributed by atoms with Gasteiger partial charge in [0.15, 0.2) is 0 Å². The van der Waals surface area contributed by atoms with Crippen molar-refractivity contribution in [3.05, 3.63) is 99.0 Å². The lowest BCUT2D eigenvalue weighted by Crippen LogP contribution is -2.54. The lowest BCUT2D eigenvalue weighted by Gasteiger charge is -2.34. The third-order valence-electron chi connectivity index (χ3n) is 7.12. The second-order valence-electron chi connectivity index (χ2n) is 10.3. The minimum Gasteiger partial charge on any atom is -0.352 e. The smallest absolute Gasteiger partial charge is 0.244 e. The number of hydrogen-bond donors (Lipinski definition) is 1. The van der Waals surface area contributed by atoms with E-state index in [-0.39, 0.29) is 24.9 Å². The normalized spacial score (nSPS) is 12.9. The maximum atomic E-state index is 14.2. The van der Waals surface area contributed by atoms with Crippen LogP contribution in [0.15, 0.2) is 66.7 Å². The van der Waals surface area contributed by atoms with E-state index in [2.05, 4.69) is 5.32 Å². The van der Waals surface area contributed by atoms with Crippen LogP contribution in [0.3, 0.4) is 0 Å². The summed E-state index contributed by atoms with van der Waals surface area (Å²) in [5.74, 6) is -0.915. The second kappa shape index (κ2) is 14.2. The Kier molecular flexibility index (Phi) is 11.2. The van der Waals surface area contributed by atoms with Crippen molar-refractivity contribution in [2.45, 2.75) is 59.2 Å². The van der Waals surface area contributed by atoms with Gasteiger partial charge in [0.2, 0.25) is 21.8 Å². The van der Waals surface area contributed by atoms with Crippen LogP contribution in [-0.4, -0.2) is 50.0 Å². The molecule has 1 N–H and O–H groups in total. The summed E-state index contributed by atoms with van der Waals surface area (Å²) in [5, 5.41) is 3.67. The third kappa shape index (κ3) is 8.71. The lowest BCUT2D eigenvalue weighted by atomic mass is 10.0. The van der Waals surface area contributed by atoms with E-state index in [4.69, 9.17) is 23.2 Å². The molecule has 0 fully saturated rings. The molecule has 0 aliphatic rings. The maximum Gasteiger partial charge on any atom is 0.244 e. The van der Waals surface area contributed by atoms with Gasteiger partial charge in [0.05, 0.1) is 11.9 Å². The number of anilines is 1.